The van der Waals surface area contributed by atoms with Crippen LogP contribution in [0.15, 0.2) is 58.4 Å². The van der Waals surface area contributed by atoms with Gasteiger partial charge >= 0.3 is 6.18 Å². The van der Waals surface area contributed by atoms with Gasteiger partial charge in [-0.05, 0) is 30.3 Å². The zero-order valence-corrected chi connectivity index (χ0v) is 14.4. The monoisotopic (exact) mass is 379 g/mol. The lowest BCUT2D eigenvalue weighted by Gasteiger charge is -2.26. The van der Waals surface area contributed by atoms with Crippen LogP contribution >= 0.6 is 0 Å². The molecule has 1 N–H and O–H groups in total. The Labute approximate surface area is 152 Å². The van der Waals surface area contributed by atoms with Crippen molar-refractivity contribution in [1.82, 2.24) is 0 Å². The molecule has 142 valence electrons. The van der Waals surface area contributed by atoms with Crippen molar-refractivity contribution in [2.45, 2.75) is 26.1 Å². The van der Waals surface area contributed by atoms with Gasteiger partial charge in [0.15, 0.2) is 11.5 Å². The first-order chi connectivity index (χ1) is 12.6. The summed E-state index contributed by atoms with van der Waals surface area (Å²) in [5.74, 6) is -2.60. The third kappa shape index (κ3) is 3.22. The summed E-state index contributed by atoms with van der Waals surface area (Å²) >= 11 is 0. The number of hydrogen-bond donors (Lipinski definition) is 1. The second kappa shape index (κ2) is 6.61. The predicted octanol–water partition coefficient (Wildman–Crippen LogP) is 4.42. The number of aliphatic hydroxyl groups excluding tert-OH is 1. The maximum Gasteiger partial charge on any atom is 0.416 e. The minimum absolute atomic E-state index is 0.102. The summed E-state index contributed by atoms with van der Waals surface area (Å²) in [6, 6.07) is 6.00. The number of carbonyl (C=O) groups excluding carboxylic acids is 2. The van der Waals surface area contributed by atoms with Crippen molar-refractivity contribution in [2.24, 2.45) is 5.92 Å². The molecule has 1 atom stereocenters. The Hall–Kier alpha value is -3.03. The van der Waals surface area contributed by atoms with Gasteiger partial charge < -0.3 is 9.52 Å². The maximum atomic E-state index is 13.1. The van der Waals surface area contributed by atoms with Crippen molar-refractivity contribution in [2.75, 3.05) is 4.90 Å². The number of anilines is 1. The first kappa shape index (κ1) is 18.8. The molecule has 2 heterocycles. The minimum atomic E-state index is -4.61. The second-order valence-corrected chi connectivity index (χ2v) is 6.42. The normalized spacial score (nSPS) is 17.9. The Morgan fingerprint density at radius 3 is 2.48 bits per heavy atom. The van der Waals surface area contributed by atoms with E-state index in [1.54, 1.807) is 13.8 Å². The third-order valence-corrected chi connectivity index (χ3v) is 4.26. The van der Waals surface area contributed by atoms with Gasteiger partial charge in [-0.2, -0.15) is 13.2 Å². The lowest BCUT2D eigenvalue weighted by Crippen LogP contribution is -2.31. The number of alkyl halides is 3. The molecule has 1 amide bonds. The van der Waals surface area contributed by atoms with Gasteiger partial charge in [0.25, 0.3) is 5.91 Å². The first-order valence-electron chi connectivity index (χ1n) is 8.14. The summed E-state index contributed by atoms with van der Waals surface area (Å²) in [5.41, 5.74) is -1.24. The van der Waals surface area contributed by atoms with Gasteiger partial charge in [0.1, 0.15) is 11.8 Å². The third-order valence-electron chi connectivity index (χ3n) is 4.26. The number of halogens is 3. The number of carbonyl (C=O) groups is 2. The molecule has 1 aliphatic rings. The molecule has 2 aromatic rings. The second-order valence-electron chi connectivity index (χ2n) is 6.42. The predicted molar refractivity (Wildman–Crippen MR) is 89.9 cm³/mol. The van der Waals surface area contributed by atoms with E-state index in [1.165, 1.54) is 24.5 Å². The fourth-order valence-corrected chi connectivity index (χ4v) is 2.98. The molecule has 0 saturated carbocycles. The van der Waals surface area contributed by atoms with Crippen LogP contribution in [0.3, 0.4) is 0 Å². The number of Topliss-reactive ketones (excluding diaryl/α,β-unsaturated/α-hetero) is 1. The lowest BCUT2D eigenvalue weighted by atomic mass is 9.94. The van der Waals surface area contributed by atoms with Crippen LogP contribution in [0.5, 0.6) is 0 Å². The zero-order chi connectivity index (χ0) is 19.9. The standard InChI is InChI=1S/C19H16F3NO4/c1-10(2)16(24)14-15(13-7-4-8-27-13)23(18(26)17(14)25)12-6-3-5-11(9-12)19(20,21)22/h3-10,15,25H,1-2H3. The lowest BCUT2D eigenvalue weighted by molar-refractivity contribution is -0.137. The van der Waals surface area contributed by atoms with E-state index < -0.39 is 41.1 Å². The Bertz CT molecular complexity index is 913. The van der Waals surface area contributed by atoms with Crippen LogP contribution in [0.2, 0.25) is 0 Å². The molecule has 0 fully saturated rings. The molecule has 0 bridgehead atoms. The molecule has 1 aliphatic heterocycles. The summed E-state index contributed by atoms with van der Waals surface area (Å²) in [7, 11) is 0. The largest absolute Gasteiger partial charge is 0.503 e. The highest BCUT2D eigenvalue weighted by atomic mass is 19.4. The van der Waals surface area contributed by atoms with E-state index >= 15 is 0 Å². The van der Waals surface area contributed by atoms with Crippen LogP contribution in [-0.4, -0.2) is 16.8 Å². The summed E-state index contributed by atoms with van der Waals surface area (Å²) in [5, 5.41) is 10.3. The molecule has 1 aromatic heterocycles. The Balaban J connectivity index is 2.16. The number of furan rings is 1. The van der Waals surface area contributed by atoms with Crippen molar-refractivity contribution in [3.8, 4) is 0 Å². The van der Waals surface area contributed by atoms with Gasteiger partial charge in [0.05, 0.1) is 17.4 Å². The number of amides is 1. The quantitative estimate of drug-likeness (QED) is 0.854. The van der Waals surface area contributed by atoms with Crippen molar-refractivity contribution in [3.05, 3.63) is 65.3 Å². The van der Waals surface area contributed by atoms with Crippen LogP contribution in [0.4, 0.5) is 18.9 Å². The van der Waals surface area contributed by atoms with E-state index in [-0.39, 0.29) is 17.0 Å². The fraction of sp³-hybridized carbons (Fsp3) is 0.263. The van der Waals surface area contributed by atoms with Crippen molar-refractivity contribution in [1.29, 1.82) is 0 Å². The van der Waals surface area contributed by atoms with Crippen LogP contribution in [-0.2, 0) is 15.8 Å². The molecule has 5 nitrogen and oxygen atoms in total. The average Bonchev–Trinajstić information content (AvgIpc) is 3.21. The van der Waals surface area contributed by atoms with Crippen LogP contribution < -0.4 is 4.90 Å². The zero-order valence-electron chi connectivity index (χ0n) is 14.4. The highest BCUT2D eigenvalue weighted by Crippen LogP contribution is 2.43. The summed E-state index contributed by atoms with van der Waals surface area (Å²) < 4.78 is 44.5. The Morgan fingerprint density at radius 2 is 1.93 bits per heavy atom. The van der Waals surface area contributed by atoms with Gasteiger partial charge in [-0.1, -0.05) is 19.9 Å². The Morgan fingerprint density at radius 1 is 1.22 bits per heavy atom. The maximum absolute atomic E-state index is 13.1. The number of ketones is 1. The summed E-state index contributed by atoms with van der Waals surface area (Å²) in [6.07, 6.45) is -3.29. The highest BCUT2D eigenvalue weighted by Gasteiger charge is 2.46. The van der Waals surface area contributed by atoms with E-state index in [0.29, 0.717) is 0 Å². The topological polar surface area (TPSA) is 70.8 Å². The molecule has 0 spiro atoms. The smallest absolute Gasteiger partial charge is 0.416 e. The molecule has 3 rings (SSSR count). The molecular formula is C19H16F3NO4. The van der Waals surface area contributed by atoms with E-state index in [4.69, 9.17) is 4.42 Å². The van der Waals surface area contributed by atoms with Crippen molar-refractivity contribution in [3.63, 3.8) is 0 Å². The Kier molecular flexibility index (Phi) is 4.59. The molecular weight excluding hydrogens is 363 g/mol. The molecule has 0 saturated heterocycles. The van der Waals surface area contributed by atoms with Gasteiger partial charge in [0, 0.05) is 11.6 Å². The number of benzene rings is 1. The average molecular weight is 379 g/mol. The first-order valence-corrected chi connectivity index (χ1v) is 8.14. The van der Waals surface area contributed by atoms with Gasteiger partial charge in [-0.15, -0.1) is 0 Å². The van der Waals surface area contributed by atoms with Crippen LogP contribution in [0.1, 0.15) is 31.2 Å². The molecule has 1 unspecified atom stereocenters. The van der Waals surface area contributed by atoms with Crippen LogP contribution in [0.25, 0.3) is 0 Å². The molecule has 8 heteroatoms. The van der Waals surface area contributed by atoms with Gasteiger partial charge in [0.2, 0.25) is 0 Å². The van der Waals surface area contributed by atoms with Gasteiger partial charge in [-0.25, -0.2) is 0 Å². The van der Waals surface area contributed by atoms with E-state index in [9.17, 15) is 27.9 Å². The van der Waals surface area contributed by atoms with E-state index in [0.717, 1.165) is 23.1 Å². The molecule has 1 aromatic carbocycles. The van der Waals surface area contributed by atoms with E-state index in [1.807, 2.05) is 0 Å². The van der Waals surface area contributed by atoms with Gasteiger partial charge in [-0.3, -0.25) is 14.5 Å². The summed E-state index contributed by atoms with van der Waals surface area (Å²) in [4.78, 5) is 26.2. The summed E-state index contributed by atoms with van der Waals surface area (Å²) in [6.45, 7) is 3.19. The van der Waals surface area contributed by atoms with Crippen LogP contribution in [0, 0.1) is 5.92 Å². The van der Waals surface area contributed by atoms with Crippen molar-refractivity contribution < 1.29 is 32.3 Å². The number of aliphatic hydroxyl groups is 1. The number of hydrogen-bond acceptors (Lipinski definition) is 4. The number of rotatable bonds is 4. The van der Waals surface area contributed by atoms with E-state index in [2.05, 4.69) is 0 Å². The van der Waals surface area contributed by atoms with Crippen molar-refractivity contribution >= 4 is 17.4 Å². The minimum Gasteiger partial charge on any atom is -0.503 e. The molecule has 0 aliphatic carbocycles. The fourth-order valence-electron chi connectivity index (χ4n) is 2.98. The number of nitrogens with zero attached hydrogens (tertiary/aromatic N) is 1. The SMILES string of the molecule is CC(C)C(=O)C1=C(O)C(=O)N(c2cccc(C(F)(F)F)c2)C1c1ccco1. The highest BCUT2D eigenvalue weighted by molar-refractivity contribution is 6.16. The molecule has 0 radical (unpaired) electrons. The molecule has 27 heavy (non-hydrogen) atoms.